The van der Waals surface area contributed by atoms with E-state index in [0.717, 1.165) is 49.6 Å². The zero-order chi connectivity index (χ0) is 14.4. The number of amides is 1. The molecule has 1 aliphatic carbocycles. The molecule has 3 atom stereocenters. The van der Waals surface area contributed by atoms with Crippen molar-refractivity contribution in [3.8, 4) is 0 Å². The lowest BCUT2D eigenvalue weighted by atomic mass is 9.85. The van der Waals surface area contributed by atoms with Crippen LogP contribution in [0.2, 0.25) is 0 Å². The van der Waals surface area contributed by atoms with Crippen LogP contribution in [0.25, 0.3) is 0 Å². The third-order valence-electron chi connectivity index (χ3n) is 5.08. The average molecular weight is 306 g/mol. The second-order valence-corrected chi connectivity index (χ2v) is 7.57. The fourth-order valence-corrected chi connectivity index (χ4v) is 5.07. The second kappa shape index (κ2) is 5.25. The van der Waals surface area contributed by atoms with E-state index in [1.165, 1.54) is 11.3 Å². The molecule has 3 unspecified atom stereocenters. The number of nitrogens with zero attached hydrogens (tertiary/aromatic N) is 2. The minimum Gasteiger partial charge on any atom is -0.353 e. The zero-order valence-corrected chi connectivity index (χ0v) is 13.0. The molecule has 2 fully saturated rings. The Bertz CT molecular complexity index is 558. The van der Waals surface area contributed by atoms with Gasteiger partial charge in [-0.3, -0.25) is 4.79 Å². The summed E-state index contributed by atoms with van der Waals surface area (Å²) in [5, 5.41) is 4.29. The molecule has 2 saturated heterocycles. The number of anilines is 1. The van der Waals surface area contributed by atoms with Gasteiger partial charge >= 0.3 is 0 Å². The van der Waals surface area contributed by atoms with Gasteiger partial charge in [0.1, 0.15) is 0 Å². The van der Waals surface area contributed by atoms with Gasteiger partial charge in [-0.05, 0) is 38.0 Å². The predicted molar refractivity (Wildman–Crippen MR) is 83.5 cm³/mol. The lowest BCUT2D eigenvalue weighted by Gasteiger charge is -2.41. The van der Waals surface area contributed by atoms with Gasteiger partial charge in [-0.1, -0.05) is 0 Å². The van der Waals surface area contributed by atoms with E-state index in [0.29, 0.717) is 18.4 Å². The first-order valence-corrected chi connectivity index (χ1v) is 8.82. The summed E-state index contributed by atoms with van der Waals surface area (Å²) >= 11 is 1.83. The van der Waals surface area contributed by atoms with Crippen LogP contribution in [0.4, 0.5) is 5.13 Å². The molecule has 0 saturated carbocycles. The Morgan fingerprint density at radius 1 is 1.29 bits per heavy atom. The quantitative estimate of drug-likeness (QED) is 0.826. The number of carbonyl (C=O) groups is 1. The van der Waals surface area contributed by atoms with Crippen molar-refractivity contribution in [1.82, 2.24) is 10.3 Å². The Kier molecular flexibility index (Phi) is 3.38. The van der Waals surface area contributed by atoms with Gasteiger partial charge in [-0.2, -0.15) is 0 Å². The number of aryl methyl sites for hydroxylation is 1. The number of thiazole rings is 1. The molecule has 0 aromatic carbocycles. The Morgan fingerprint density at radius 3 is 3.05 bits per heavy atom. The minimum atomic E-state index is 0.130. The molecule has 2 aliphatic heterocycles. The highest BCUT2D eigenvalue weighted by Gasteiger charge is 2.35. The third-order valence-corrected chi connectivity index (χ3v) is 6.27. The third kappa shape index (κ3) is 2.44. The number of rotatable bonds is 1. The number of fused-ring (bicyclic) bond motifs is 2. The van der Waals surface area contributed by atoms with Crippen LogP contribution in [0.3, 0.4) is 0 Å². The standard InChI is InChI=1S/C15H22N4OS/c16-10-2-1-3-12-14(10)18-15(21-12)19-7-6-11-9(8-19)4-5-13(20)17-11/h9-11H,1-8,16H2,(H,17,20). The largest absolute Gasteiger partial charge is 0.353 e. The van der Waals surface area contributed by atoms with E-state index in [2.05, 4.69) is 10.2 Å². The van der Waals surface area contributed by atoms with Crippen LogP contribution in [0.5, 0.6) is 0 Å². The van der Waals surface area contributed by atoms with Crippen molar-refractivity contribution in [3.05, 3.63) is 10.6 Å². The van der Waals surface area contributed by atoms with Gasteiger partial charge in [-0.25, -0.2) is 4.98 Å². The van der Waals surface area contributed by atoms with Crippen LogP contribution in [0.15, 0.2) is 0 Å². The summed E-state index contributed by atoms with van der Waals surface area (Å²) in [5.41, 5.74) is 7.33. The lowest BCUT2D eigenvalue weighted by molar-refractivity contribution is -0.124. The van der Waals surface area contributed by atoms with Crippen molar-refractivity contribution in [1.29, 1.82) is 0 Å². The molecule has 21 heavy (non-hydrogen) atoms. The number of aromatic nitrogens is 1. The van der Waals surface area contributed by atoms with E-state index in [-0.39, 0.29) is 11.9 Å². The molecule has 1 aromatic rings. The highest BCUT2D eigenvalue weighted by atomic mass is 32.1. The monoisotopic (exact) mass is 306 g/mol. The first-order valence-electron chi connectivity index (χ1n) is 8.00. The van der Waals surface area contributed by atoms with Crippen molar-refractivity contribution in [3.63, 3.8) is 0 Å². The van der Waals surface area contributed by atoms with Crippen LogP contribution in [0.1, 0.15) is 48.7 Å². The molecular weight excluding hydrogens is 284 g/mol. The Balaban J connectivity index is 1.51. The van der Waals surface area contributed by atoms with E-state index in [9.17, 15) is 4.79 Å². The van der Waals surface area contributed by atoms with Gasteiger partial charge < -0.3 is 16.0 Å². The smallest absolute Gasteiger partial charge is 0.220 e. The fraction of sp³-hybridized carbons (Fsp3) is 0.733. The Labute approximate surface area is 128 Å². The molecule has 3 heterocycles. The SMILES string of the molecule is NC1CCCc2sc(N3CCC4NC(=O)CCC4C3)nc21. The maximum atomic E-state index is 11.5. The van der Waals surface area contributed by atoms with Gasteiger partial charge in [0.15, 0.2) is 5.13 Å². The highest BCUT2D eigenvalue weighted by Crippen LogP contribution is 2.37. The number of hydrogen-bond donors (Lipinski definition) is 2. The van der Waals surface area contributed by atoms with Gasteiger partial charge in [0.25, 0.3) is 0 Å². The molecule has 1 aromatic heterocycles. The van der Waals surface area contributed by atoms with E-state index in [4.69, 9.17) is 10.7 Å². The number of nitrogens with one attached hydrogen (secondary N) is 1. The van der Waals surface area contributed by atoms with Crippen LogP contribution in [-0.2, 0) is 11.2 Å². The normalized spacial score (nSPS) is 32.3. The lowest BCUT2D eigenvalue weighted by Crippen LogP contribution is -2.54. The molecule has 0 spiro atoms. The first-order chi connectivity index (χ1) is 10.2. The summed E-state index contributed by atoms with van der Waals surface area (Å²) in [7, 11) is 0. The maximum absolute atomic E-state index is 11.5. The Morgan fingerprint density at radius 2 is 2.19 bits per heavy atom. The topological polar surface area (TPSA) is 71.2 Å². The summed E-state index contributed by atoms with van der Waals surface area (Å²) in [5.74, 6) is 0.798. The van der Waals surface area contributed by atoms with E-state index >= 15 is 0 Å². The maximum Gasteiger partial charge on any atom is 0.220 e. The Hall–Kier alpha value is -1.14. The predicted octanol–water partition coefficient (Wildman–Crippen LogP) is 1.58. The van der Waals surface area contributed by atoms with Gasteiger partial charge in [0.2, 0.25) is 5.91 Å². The average Bonchev–Trinajstić information content (AvgIpc) is 2.92. The van der Waals surface area contributed by atoms with Crippen molar-refractivity contribution in [2.45, 2.75) is 50.6 Å². The number of piperidine rings is 2. The molecule has 114 valence electrons. The highest BCUT2D eigenvalue weighted by molar-refractivity contribution is 7.15. The van der Waals surface area contributed by atoms with Gasteiger partial charge in [0.05, 0.1) is 5.69 Å². The van der Waals surface area contributed by atoms with E-state index in [1.807, 2.05) is 11.3 Å². The molecule has 0 radical (unpaired) electrons. The molecule has 1 amide bonds. The summed E-state index contributed by atoms with van der Waals surface area (Å²) in [6.07, 6.45) is 6.11. The molecule has 3 aliphatic rings. The summed E-state index contributed by atoms with van der Waals surface area (Å²) < 4.78 is 0. The van der Waals surface area contributed by atoms with Crippen LogP contribution in [0, 0.1) is 5.92 Å². The van der Waals surface area contributed by atoms with Crippen molar-refractivity contribution < 1.29 is 4.79 Å². The molecular formula is C15H22N4OS. The summed E-state index contributed by atoms with van der Waals surface area (Å²) in [6.45, 7) is 2.01. The molecule has 0 bridgehead atoms. The van der Waals surface area contributed by atoms with Gasteiger partial charge in [-0.15, -0.1) is 11.3 Å². The fourth-order valence-electron chi connectivity index (χ4n) is 3.86. The van der Waals surface area contributed by atoms with E-state index < -0.39 is 0 Å². The number of carbonyl (C=O) groups excluding carboxylic acids is 1. The summed E-state index contributed by atoms with van der Waals surface area (Å²) in [6, 6.07) is 0.504. The summed E-state index contributed by atoms with van der Waals surface area (Å²) in [4.78, 5) is 20.1. The van der Waals surface area contributed by atoms with Crippen molar-refractivity contribution in [2.24, 2.45) is 11.7 Å². The molecule has 4 rings (SSSR count). The van der Waals surface area contributed by atoms with Gasteiger partial charge in [0, 0.05) is 36.5 Å². The van der Waals surface area contributed by atoms with E-state index in [1.54, 1.807) is 0 Å². The van der Waals surface area contributed by atoms with Crippen molar-refractivity contribution >= 4 is 22.4 Å². The van der Waals surface area contributed by atoms with Crippen LogP contribution < -0.4 is 16.0 Å². The van der Waals surface area contributed by atoms with Crippen molar-refractivity contribution in [2.75, 3.05) is 18.0 Å². The second-order valence-electron chi connectivity index (χ2n) is 6.51. The molecule has 3 N–H and O–H groups in total. The molecule has 6 heteroatoms. The van der Waals surface area contributed by atoms with Crippen LogP contribution >= 0.6 is 11.3 Å². The first kappa shape index (κ1) is 13.5. The zero-order valence-electron chi connectivity index (χ0n) is 12.2. The number of hydrogen-bond acceptors (Lipinski definition) is 5. The molecule has 5 nitrogen and oxygen atoms in total. The number of nitrogens with two attached hydrogens (primary N) is 1. The van der Waals surface area contributed by atoms with Crippen LogP contribution in [-0.4, -0.2) is 30.0 Å². The minimum absolute atomic E-state index is 0.130.